The Morgan fingerprint density at radius 3 is 2.48 bits per heavy atom. The van der Waals surface area contributed by atoms with Gasteiger partial charge in [0.25, 0.3) is 0 Å². The Bertz CT molecular complexity index is 508. The van der Waals surface area contributed by atoms with E-state index in [4.69, 9.17) is 0 Å². The van der Waals surface area contributed by atoms with Crippen LogP contribution in [0.25, 0.3) is 0 Å². The topological polar surface area (TPSA) is 60.0 Å². The SMILES string of the molecule is CN=C(NCC1(C(=O)N(C)C)CCCC1)NC1CN(C2CC2)CC1C. The highest BCUT2D eigenvalue weighted by Crippen LogP contribution is 2.39. The van der Waals surface area contributed by atoms with E-state index in [1.807, 2.05) is 21.1 Å². The molecule has 6 heteroatoms. The van der Waals surface area contributed by atoms with Crippen LogP contribution in [0.4, 0.5) is 0 Å². The van der Waals surface area contributed by atoms with Crippen molar-refractivity contribution in [3.8, 4) is 0 Å². The van der Waals surface area contributed by atoms with Crippen molar-refractivity contribution in [3.63, 3.8) is 0 Å². The quantitative estimate of drug-likeness (QED) is 0.580. The monoisotopic (exact) mass is 349 g/mol. The van der Waals surface area contributed by atoms with E-state index in [1.165, 1.54) is 19.4 Å². The van der Waals surface area contributed by atoms with E-state index < -0.39 is 0 Å². The average molecular weight is 350 g/mol. The lowest BCUT2D eigenvalue weighted by molar-refractivity contribution is -0.138. The summed E-state index contributed by atoms with van der Waals surface area (Å²) in [5.74, 6) is 1.72. The summed E-state index contributed by atoms with van der Waals surface area (Å²) in [7, 11) is 5.55. The molecule has 0 aromatic carbocycles. The van der Waals surface area contributed by atoms with Crippen LogP contribution in [-0.2, 0) is 4.79 Å². The van der Waals surface area contributed by atoms with Gasteiger partial charge >= 0.3 is 0 Å². The van der Waals surface area contributed by atoms with Gasteiger partial charge in [-0.25, -0.2) is 0 Å². The highest BCUT2D eigenvalue weighted by atomic mass is 16.2. The summed E-state index contributed by atoms with van der Waals surface area (Å²) >= 11 is 0. The van der Waals surface area contributed by atoms with E-state index in [9.17, 15) is 4.79 Å². The van der Waals surface area contributed by atoms with Gasteiger partial charge in [0.05, 0.1) is 5.41 Å². The predicted molar refractivity (Wildman–Crippen MR) is 102 cm³/mol. The Kier molecular flexibility index (Phi) is 5.56. The number of carbonyl (C=O) groups is 1. The van der Waals surface area contributed by atoms with Crippen molar-refractivity contribution < 1.29 is 4.79 Å². The number of hydrogen-bond donors (Lipinski definition) is 2. The number of carbonyl (C=O) groups excluding carboxylic acids is 1. The lowest BCUT2D eigenvalue weighted by Crippen LogP contribution is -2.52. The molecular formula is C19H35N5O. The summed E-state index contributed by atoms with van der Waals surface area (Å²) in [6.07, 6.45) is 6.96. The molecule has 1 aliphatic heterocycles. The lowest BCUT2D eigenvalue weighted by atomic mass is 9.84. The van der Waals surface area contributed by atoms with Crippen LogP contribution in [0, 0.1) is 11.3 Å². The lowest BCUT2D eigenvalue weighted by Gasteiger charge is -2.32. The zero-order valence-electron chi connectivity index (χ0n) is 16.3. The van der Waals surface area contributed by atoms with E-state index in [2.05, 4.69) is 27.4 Å². The van der Waals surface area contributed by atoms with Crippen LogP contribution in [0.1, 0.15) is 45.4 Å². The van der Waals surface area contributed by atoms with Gasteiger partial charge in [-0.15, -0.1) is 0 Å². The molecule has 2 N–H and O–H groups in total. The van der Waals surface area contributed by atoms with Crippen LogP contribution in [-0.4, -0.2) is 74.5 Å². The molecule has 3 fully saturated rings. The summed E-state index contributed by atoms with van der Waals surface area (Å²) in [6.45, 7) is 5.29. The first-order valence-corrected chi connectivity index (χ1v) is 9.88. The van der Waals surface area contributed by atoms with E-state index >= 15 is 0 Å². The molecule has 0 bridgehead atoms. The molecule has 25 heavy (non-hydrogen) atoms. The second-order valence-corrected chi connectivity index (χ2v) is 8.53. The third-order valence-corrected chi connectivity index (χ3v) is 6.26. The molecule has 1 amide bonds. The molecule has 2 aliphatic carbocycles. The van der Waals surface area contributed by atoms with Crippen molar-refractivity contribution in [1.29, 1.82) is 0 Å². The number of likely N-dealkylation sites (tertiary alicyclic amines) is 1. The van der Waals surface area contributed by atoms with Crippen molar-refractivity contribution in [2.24, 2.45) is 16.3 Å². The first-order chi connectivity index (χ1) is 11.9. The predicted octanol–water partition coefficient (Wildman–Crippen LogP) is 1.28. The normalized spacial score (nSPS) is 29.7. The minimum Gasteiger partial charge on any atom is -0.355 e. The van der Waals surface area contributed by atoms with Crippen molar-refractivity contribution in [1.82, 2.24) is 20.4 Å². The first kappa shape index (κ1) is 18.5. The van der Waals surface area contributed by atoms with Gasteiger partial charge in [0.15, 0.2) is 5.96 Å². The van der Waals surface area contributed by atoms with Crippen LogP contribution in [0.2, 0.25) is 0 Å². The number of rotatable bonds is 5. The first-order valence-electron chi connectivity index (χ1n) is 9.88. The highest BCUT2D eigenvalue weighted by molar-refractivity contribution is 5.85. The molecule has 0 radical (unpaired) electrons. The molecule has 0 spiro atoms. The Hall–Kier alpha value is -1.30. The molecule has 2 unspecified atom stereocenters. The number of nitrogens with zero attached hydrogens (tertiary/aromatic N) is 3. The fourth-order valence-electron chi connectivity index (χ4n) is 4.55. The molecule has 1 heterocycles. The summed E-state index contributed by atoms with van der Waals surface area (Å²) in [5, 5.41) is 7.08. The zero-order chi connectivity index (χ0) is 18.0. The Labute approximate surface area is 152 Å². The highest BCUT2D eigenvalue weighted by Gasteiger charge is 2.42. The zero-order valence-corrected chi connectivity index (χ0v) is 16.3. The third-order valence-electron chi connectivity index (χ3n) is 6.26. The van der Waals surface area contributed by atoms with Crippen molar-refractivity contribution in [3.05, 3.63) is 0 Å². The molecule has 0 aromatic rings. The van der Waals surface area contributed by atoms with E-state index in [0.29, 0.717) is 18.5 Å². The second-order valence-electron chi connectivity index (χ2n) is 8.53. The van der Waals surface area contributed by atoms with E-state index in [0.717, 1.165) is 44.2 Å². The fourth-order valence-corrected chi connectivity index (χ4v) is 4.55. The van der Waals surface area contributed by atoms with Gasteiger partial charge in [-0.05, 0) is 31.6 Å². The third kappa shape index (κ3) is 4.10. The van der Waals surface area contributed by atoms with Crippen LogP contribution in [0.5, 0.6) is 0 Å². The van der Waals surface area contributed by atoms with Gasteiger partial charge < -0.3 is 15.5 Å². The number of nitrogens with one attached hydrogen (secondary N) is 2. The number of hydrogen-bond acceptors (Lipinski definition) is 3. The molecule has 6 nitrogen and oxygen atoms in total. The maximum absolute atomic E-state index is 12.7. The number of guanidine groups is 1. The Morgan fingerprint density at radius 2 is 1.92 bits per heavy atom. The van der Waals surface area contributed by atoms with Gasteiger partial charge in [0, 0.05) is 52.9 Å². The molecular weight excluding hydrogens is 314 g/mol. The van der Waals surface area contributed by atoms with Crippen molar-refractivity contribution in [2.75, 3.05) is 40.8 Å². The summed E-state index contributed by atoms with van der Waals surface area (Å²) < 4.78 is 0. The van der Waals surface area contributed by atoms with Gasteiger partial charge in [-0.2, -0.15) is 0 Å². The standard InChI is InChI=1S/C19H35N5O/c1-14-11-24(15-7-8-15)12-16(14)22-18(20-2)21-13-19(9-5-6-10-19)17(25)23(3)4/h14-16H,5-13H2,1-4H3,(H2,20,21,22). The Balaban J connectivity index is 1.56. The van der Waals surface area contributed by atoms with Crippen molar-refractivity contribution >= 4 is 11.9 Å². The largest absolute Gasteiger partial charge is 0.355 e. The Morgan fingerprint density at radius 1 is 1.24 bits per heavy atom. The van der Waals surface area contributed by atoms with Gasteiger partial charge in [0.1, 0.15) is 0 Å². The smallest absolute Gasteiger partial charge is 0.230 e. The molecule has 3 rings (SSSR count). The average Bonchev–Trinajstić information content (AvgIpc) is 3.22. The summed E-state index contributed by atoms with van der Waals surface area (Å²) in [6, 6.07) is 1.26. The van der Waals surface area contributed by atoms with Crippen LogP contribution in [0.3, 0.4) is 0 Å². The van der Waals surface area contributed by atoms with E-state index in [1.54, 1.807) is 4.90 Å². The molecule has 142 valence electrons. The van der Waals surface area contributed by atoms with E-state index in [-0.39, 0.29) is 11.3 Å². The minimum atomic E-state index is -0.261. The maximum Gasteiger partial charge on any atom is 0.230 e. The molecule has 2 atom stereocenters. The molecule has 3 aliphatic rings. The molecule has 0 aromatic heterocycles. The number of amides is 1. The van der Waals surface area contributed by atoms with Gasteiger partial charge in [-0.3, -0.25) is 14.7 Å². The van der Waals surface area contributed by atoms with Crippen molar-refractivity contribution in [2.45, 2.75) is 57.5 Å². The maximum atomic E-state index is 12.7. The van der Waals surface area contributed by atoms with Crippen LogP contribution >= 0.6 is 0 Å². The summed E-state index contributed by atoms with van der Waals surface area (Å²) in [4.78, 5) is 21.5. The van der Waals surface area contributed by atoms with Crippen LogP contribution in [0.15, 0.2) is 4.99 Å². The fraction of sp³-hybridized carbons (Fsp3) is 0.895. The van der Waals surface area contributed by atoms with Gasteiger partial charge in [0.2, 0.25) is 5.91 Å². The molecule has 1 saturated heterocycles. The summed E-state index contributed by atoms with van der Waals surface area (Å²) in [5.41, 5.74) is -0.261. The number of aliphatic imine (C=N–C) groups is 1. The second kappa shape index (κ2) is 7.52. The van der Waals surface area contributed by atoms with Gasteiger partial charge in [-0.1, -0.05) is 19.8 Å². The minimum absolute atomic E-state index is 0.252. The van der Waals surface area contributed by atoms with Crippen LogP contribution < -0.4 is 10.6 Å². The molecule has 2 saturated carbocycles.